The molecule has 1 aromatic heterocycles. The molecule has 0 aliphatic carbocycles. The fourth-order valence-electron chi connectivity index (χ4n) is 2.48. The van der Waals surface area contributed by atoms with Crippen molar-refractivity contribution in [1.82, 2.24) is 14.7 Å². The maximum atomic E-state index is 12.2. The molecule has 1 aromatic rings. The number of aryl methyl sites for hydroxylation is 1. The van der Waals surface area contributed by atoms with Gasteiger partial charge in [-0.2, -0.15) is 5.10 Å². The minimum Gasteiger partial charge on any atom is -0.480 e. The van der Waals surface area contributed by atoms with Crippen molar-refractivity contribution in [3.8, 4) is 0 Å². The monoisotopic (exact) mass is 277 g/mol. The molecule has 0 aromatic carbocycles. The molecule has 1 aliphatic rings. The Kier molecular flexibility index (Phi) is 3.92. The number of likely N-dealkylation sites (tertiary alicyclic amines) is 1. The van der Waals surface area contributed by atoms with Gasteiger partial charge in [0.1, 0.15) is 5.54 Å². The van der Waals surface area contributed by atoms with Crippen molar-refractivity contribution in [1.29, 1.82) is 0 Å². The Morgan fingerprint density at radius 3 is 2.80 bits per heavy atom. The number of nitrogens with zero attached hydrogens (tertiary/aromatic N) is 3. The van der Waals surface area contributed by atoms with Gasteiger partial charge < -0.3 is 10.0 Å². The van der Waals surface area contributed by atoms with Crippen LogP contribution < -0.4 is 0 Å². The first-order valence-electron chi connectivity index (χ1n) is 6.65. The van der Waals surface area contributed by atoms with E-state index >= 15 is 0 Å². The number of piperidine rings is 1. The quantitative estimate of drug-likeness (QED) is 0.845. The molecule has 2 heterocycles. The Hall–Kier alpha value is -2.11. The van der Waals surface area contributed by atoms with E-state index in [2.05, 4.69) is 5.10 Å². The van der Waals surface area contributed by atoms with Gasteiger partial charge in [-0.25, -0.2) is 4.79 Å². The van der Waals surface area contributed by atoms with Crippen LogP contribution in [-0.4, -0.2) is 43.7 Å². The van der Waals surface area contributed by atoms with Gasteiger partial charge in [-0.3, -0.25) is 9.48 Å². The molecule has 2 rings (SSSR count). The lowest BCUT2D eigenvalue weighted by atomic mass is 9.88. The van der Waals surface area contributed by atoms with Gasteiger partial charge in [0, 0.05) is 31.4 Å². The van der Waals surface area contributed by atoms with Crippen LogP contribution in [0.4, 0.5) is 0 Å². The van der Waals surface area contributed by atoms with Crippen molar-refractivity contribution in [2.75, 3.05) is 6.54 Å². The molecule has 20 heavy (non-hydrogen) atoms. The highest BCUT2D eigenvalue weighted by atomic mass is 16.4. The first kappa shape index (κ1) is 14.3. The van der Waals surface area contributed by atoms with Crippen LogP contribution in [0.25, 0.3) is 6.08 Å². The number of carboxylic acids is 1. The lowest BCUT2D eigenvalue weighted by Gasteiger charge is -2.41. The summed E-state index contributed by atoms with van der Waals surface area (Å²) < 4.78 is 1.65. The van der Waals surface area contributed by atoms with Gasteiger partial charge in [-0.15, -0.1) is 0 Å². The van der Waals surface area contributed by atoms with Crippen molar-refractivity contribution in [2.24, 2.45) is 7.05 Å². The topological polar surface area (TPSA) is 75.4 Å². The zero-order valence-corrected chi connectivity index (χ0v) is 11.7. The normalized spacial score (nSPS) is 23.2. The van der Waals surface area contributed by atoms with Crippen molar-refractivity contribution < 1.29 is 14.7 Å². The maximum absolute atomic E-state index is 12.2. The van der Waals surface area contributed by atoms with E-state index in [4.69, 9.17) is 0 Å². The van der Waals surface area contributed by atoms with Gasteiger partial charge >= 0.3 is 5.97 Å². The van der Waals surface area contributed by atoms with Crippen LogP contribution in [0.15, 0.2) is 18.5 Å². The number of amides is 1. The second-order valence-electron chi connectivity index (χ2n) is 5.31. The van der Waals surface area contributed by atoms with E-state index < -0.39 is 11.5 Å². The number of carbonyl (C=O) groups excluding carboxylic acids is 1. The van der Waals surface area contributed by atoms with Crippen molar-refractivity contribution in [3.63, 3.8) is 0 Å². The first-order chi connectivity index (χ1) is 9.43. The van der Waals surface area contributed by atoms with E-state index in [0.717, 1.165) is 18.4 Å². The van der Waals surface area contributed by atoms with E-state index in [1.807, 2.05) is 0 Å². The largest absolute Gasteiger partial charge is 0.480 e. The number of hydrogen-bond donors (Lipinski definition) is 1. The van der Waals surface area contributed by atoms with E-state index in [1.165, 1.54) is 11.0 Å². The smallest absolute Gasteiger partial charge is 0.329 e. The van der Waals surface area contributed by atoms with Gasteiger partial charge in [-0.05, 0) is 32.3 Å². The van der Waals surface area contributed by atoms with Crippen LogP contribution in [-0.2, 0) is 16.6 Å². The molecule has 0 bridgehead atoms. The molecule has 6 heteroatoms. The van der Waals surface area contributed by atoms with Crippen molar-refractivity contribution in [3.05, 3.63) is 24.0 Å². The summed E-state index contributed by atoms with van der Waals surface area (Å²) in [6.07, 6.45) is 8.69. The summed E-state index contributed by atoms with van der Waals surface area (Å²) in [5.41, 5.74) is -0.288. The Morgan fingerprint density at radius 2 is 2.20 bits per heavy atom. The molecular formula is C14H19N3O3. The molecule has 1 unspecified atom stereocenters. The van der Waals surface area contributed by atoms with E-state index in [0.29, 0.717) is 13.0 Å². The highest BCUT2D eigenvalue weighted by Gasteiger charge is 2.43. The highest BCUT2D eigenvalue weighted by molar-refractivity contribution is 5.95. The lowest BCUT2D eigenvalue weighted by Crippen LogP contribution is -2.57. The van der Waals surface area contributed by atoms with Crippen LogP contribution in [0.2, 0.25) is 0 Å². The minimum atomic E-state index is -1.10. The summed E-state index contributed by atoms with van der Waals surface area (Å²) in [5, 5.41) is 13.4. The number of aromatic nitrogens is 2. The van der Waals surface area contributed by atoms with Gasteiger partial charge in [0.15, 0.2) is 0 Å². The third-order valence-corrected chi connectivity index (χ3v) is 3.76. The fraction of sp³-hybridized carbons (Fsp3) is 0.500. The molecule has 1 aliphatic heterocycles. The highest BCUT2D eigenvalue weighted by Crippen LogP contribution is 2.28. The Morgan fingerprint density at radius 1 is 1.45 bits per heavy atom. The third kappa shape index (κ3) is 2.74. The minimum absolute atomic E-state index is 0.265. The molecule has 0 radical (unpaired) electrons. The summed E-state index contributed by atoms with van der Waals surface area (Å²) >= 11 is 0. The molecule has 1 N–H and O–H groups in total. The molecule has 1 atom stereocenters. The zero-order chi connectivity index (χ0) is 14.8. The molecular weight excluding hydrogens is 258 g/mol. The third-order valence-electron chi connectivity index (χ3n) is 3.76. The maximum Gasteiger partial charge on any atom is 0.329 e. The Balaban J connectivity index is 2.14. The molecule has 1 saturated heterocycles. The lowest BCUT2D eigenvalue weighted by molar-refractivity contribution is -0.158. The van der Waals surface area contributed by atoms with Gasteiger partial charge in [0.25, 0.3) is 0 Å². The number of hydrogen-bond acceptors (Lipinski definition) is 3. The fourth-order valence-corrected chi connectivity index (χ4v) is 2.48. The van der Waals surface area contributed by atoms with Crippen LogP contribution in [0.1, 0.15) is 31.7 Å². The summed E-state index contributed by atoms with van der Waals surface area (Å²) in [6, 6.07) is 0. The molecule has 1 fully saturated rings. The van der Waals surface area contributed by atoms with E-state index in [-0.39, 0.29) is 5.91 Å². The predicted molar refractivity (Wildman–Crippen MR) is 73.8 cm³/mol. The molecule has 6 nitrogen and oxygen atoms in total. The molecule has 1 amide bonds. The number of rotatable bonds is 3. The summed E-state index contributed by atoms with van der Waals surface area (Å²) in [4.78, 5) is 25.1. The summed E-state index contributed by atoms with van der Waals surface area (Å²) in [7, 11) is 1.80. The van der Waals surface area contributed by atoms with Gasteiger partial charge in [-0.1, -0.05) is 0 Å². The number of carboxylic acid groups (broad SMARTS) is 1. The van der Waals surface area contributed by atoms with E-state index in [1.54, 1.807) is 37.1 Å². The average Bonchev–Trinajstić information content (AvgIpc) is 2.82. The Bertz CT molecular complexity index is 550. The molecule has 0 spiro atoms. The number of carbonyl (C=O) groups is 2. The standard InChI is InChI=1S/C14H19N3O3/c1-14(13(19)20)7-3-4-8-17(14)12(18)6-5-11-9-15-16(2)10-11/h5-6,9-10H,3-4,7-8H2,1-2H3,(H,19,20)/b6-5+. The second kappa shape index (κ2) is 5.48. The van der Waals surface area contributed by atoms with Crippen molar-refractivity contribution >= 4 is 18.0 Å². The van der Waals surface area contributed by atoms with Crippen LogP contribution in [0.3, 0.4) is 0 Å². The second-order valence-corrected chi connectivity index (χ2v) is 5.31. The number of aliphatic carboxylic acids is 1. The van der Waals surface area contributed by atoms with Gasteiger partial charge in [0.05, 0.1) is 6.20 Å². The summed E-state index contributed by atoms with van der Waals surface area (Å²) in [6.45, 7) is 2.10. The summed E-state index contributed by atoms with van der Waals surface area (Å²) in [5.74, 6) is -1.21. The van der Waals surface area contributed by atoms with Crippen molar-refractivity contribution in [2.45, 2.75) is 31.7 Å². The SMILES string of the molecule is Cn1cc(/C=C/C(=O)N2CCCCC2(C)C(=O)O)cn1. The molecule has 0 saturated carbocycles. The van der Waals surface area contributed by atoms with Crippen LogP contribution in [0, 0.1) is 0 Å². The van der Waals surface area contributed by atoms with Crippen LogP contribution >= 0.6 is 0 Å². The first-order valence-corrected chi connectivity index (χ1v) is 6.65. The van der Waals surface area contributed by atoms with Crippen LogP contribution in [0.5, 0.6) is 0 Å². The van der Waals surface area contributed by atoms with Gasteiger partial charge in [0.2, 0.25) is 5.91 Å². The predicted octanol–water partition coefficient (Wildman–Crippen LogP) is 1.29. The van der Waals surface area contributed by atoms with E-state index in [9.17, 15) is 14.7 Å². The zero-order valence-electron chi connectivity index (χ0n) is 11.7. The Labute approximate surface area is 117 Å². The molecule has 108 valence electrons. The average molecular weight is 277 g/mol.